The summed E-state index contributed by atoms with van der Waals surface area (Å²) >= 11 is 9.18. The van der Waals surface area contributed by atoms with Gasteiger partial charge in [0, 0.05) is 18.1 Å². The minimum atomic E-state index is -0.861. The first kappa shape index (κ1) is 19.7. The van der Waals surface area contributed by atoms with Crippen LogP contribution in [-0.2, 0) is 27.3 Å². The Kier molecular flexibility index (Phi) is 6.39. The van der Waals surface area contributed by atoms with Gasteiger partial charge in [-0.3, -0.25) is 4.79 Å². The first-order valence-corrected chi connectivity index (χ1v) is 9.74. The monoisotopic (exact) mass is 451 g/mol. The molecule has 1 atom stereocenters. The summed E-state index contributed by atoms with van der Waals surface area (Å²) in [6.45, 7) is 2.44. The zero-order valence-corrected chi connectivity index (χ0v) is 17.1. The number of hydrogen-bond acceptors (Lipinski definition) is 4. The van der Waals surface area contributed by atoms with Gasteiger partial charge in [0.2, 0.25) is 0 Å². The highest BCUT2D eigenvalue weighted by molar-refractivity contribution is 9.10. The predicted octanol–water partition coefficient (Wildman–Crippen LogP) is 4.00. The number of carbonyl (C=O) groups excluding carboxylic acids is 2. The highest BCUT2D eigenvalue weighted by Gasteiger charge is 2.27. The molecule has 0 aromatic heterocycles. The van der Waals surface area contributed by atoms with Crippen LogP contribution < -0.4 is 4.74 Å². The molecule has 7 heteroatoms. The number of fused-ring (bicyclic) bond motifs is 1. The fraction of sp³-hybridized carbons (Fsp3) is 0.300. The molecule has 3 rings (SSSR count). The van der Waals surface area contributed by atoms with Gasteiger partial charge in [-0.2, -0.15) is 0 Å². The number of esters is 1. The van der Waals surface area contributed by atoms with Crippen molar-refractivity contribution in [3.8, 4) is 5.75 Å². The zero-order valence-electron chi connectivity index (χ0n) is 14.8. The molecule has 5 nitrogen and oxygen atoms in total. The Hall–Kier alpha value is -2.05. The van der Waals surface area contributed by atoms with Gasteiger partial charge in [0.05, 0.1) is 4.47 Å². The number of benzene rings is 2. The second-order valence-corrected chi connectivity index (χ2v) is 7.56. The summed E-state index contributed by atoms with van der Waals surface area (Å²) in [4.78, 5) is 26.3. The summed E-state index contributed by atoms with van der Waals surface area (Å²) in [5.41, 5.74) is 2.39. The van der Waals surface area contributed by atoms with E-state index in [4.69, 9.17) is 21.1 Å². The molecule has 0 aliphatic carbocycles. The highest BCUT2D eigenvalue weighted by Crippen LogP contribution is 2.28. The number of ether oxygens (including phenoxy) is 2. The summed E-state index contributed by atoms with van der Waals surface area (Å²) in [5, 5.41) is 0.555. The Bertz CT molecular complexity index is 858. The van der Waals surface area contributed by atoms with E-state index in [1.807, 2.05) is 18.2 Å². The van der Waals surface area contributed by atoms with E-state index in [9.17, 15) is 9.59 Å². The molecule has 1 amide bonds. The lowest BCUT2D eigenvalue weighted by molar-refractivity contribution is -0.161. The van der Waals surface area contributed by atoms with Crippen LogP contribution in [0.4, 0.5) is 0 Å². The first-order valence-electron chi connectivity index (χ1n) is 8.57. The Balaban J connectivity index is 1.51. The third-order valence-corrected chi connectivity index (χ3v) is 5.19. The van der Waals surface area contributed by atoms with Gasteiger partial charge in [-0.25, -0.2) is 4.79 Å². The average Bonchev–Trinajstić information content (AvgIpc) is 2.66. The van der Waals surface area contributed by atoms with E-state index in [2.05, 4.69) is 22.0 Å². The molecule has 1 aliphatic rings. The van der Waals surface area contributed by atoms with Crippen molar-refractivity contribution in [2.75, 3.05) is 13.2 Å². The van der Waals surface area contributed by atoms with Gasteiger partial charge in [-0.15, -0.1) is 0 Å². The number of halogens is 2. The minimum Gasteiger partial charge on any atom is -0.481 e. The standard InChI is InChI=1S/C20H19BrClNO4/c1-13(20(25)23-9-8-14-4-2-3-5-15(14)11-23)27-19(24)12-26-18-7-6-16(22)10-17(18)21/h2-7,10,13H,8-9,11-12H2,1H3. The van der Waals surface area contributed by atoms with E-state index in [-0.39, 0.29) is 12.5 Å². The lowest BCUT2D eigenvalue weighted by Crippen LogP contribution is -2.43. The molecular weight excluding hydrogens is 434 g/mol. The van der Waals surface area contributed by atoms with E-state index in [1.165, 1.54) is 5.56 Å². The van der Waals surface area contributed by atoms with Gasteiger partial charge in [0.25, 0.3) is 5.91 Å². The summed E-state index contributed by atoms with van der Waals surface area (Å²) < 4.78 is 11.3. The molecule has 1 aliphatic heterocycles. The molecule has 1 unspecified atom stereocenters. The van der Waals surface area contributed by atoms with Crippen molar-refractivity contribution in [3.05, 3.63) is 63.1 Å². The SMILES string of the molecule is CC(OC(=O)COc1ccc(Cl)cc1Br)C(=O)N1CCc2ccccc2C1. The normalized spacial score (nSPS) is 14.3. The molecule has 0 fully saturated rings. The van der Waals surface area contributed by atoms with Gasteiger partial charge in [0.1, 0.15) is 5.75 Å². The van der Waals surface area contributed by atoms with Crippen LogP contribution >= 0.6 is 27.5 Å². The third kappa shape index (κ3) is 5.02. The number of rotatable bonds is 5. The van der Waals surface area contributed by atoms with E-state index in [1.54, 1.807) is 30.0 Å². The molecule has 0 saturated heterocycles. The van der Waals surface area contributed by atoms with E-state index >= 15 is 0 Å². The van der Waals surface area contributed by atoms with Crippen LogP contribution in [0.5, 0.6) is 5.75 Å². The number of nitrogens with zero attached hydrogens (tertiary/aromatic N) is 1. The Morgan fingerprint density at radius 2 is 1.96 bits per heavy atom. The van der Waals surface area contributed by atoms with E-state index in [0.717, 1.165) is 12.0 Å². The summed E-state index contributed by atoms with van der Waals surface area (Å²) in [6, 6.07) is 13.0. The van der Waals surface area contributed by atoms with Crippen LogP contribution in [0.25, 0.3) is 0 Å². The zero-order chi connectivity index (χ0) is 19.4. The van der Waals surface area contributed by atoms with Crippen molar-refractivity contribution >= 4 is 39.4 Å². The lowest BCUT2D eigenvalue weighted by atomic mass is 9.99. The van der Waals surface area contributed by atoms with Gasteiger partial charge in [0.15, 0.2) is 12.7 Å². The molecule has 1 heterocycles. The molecule has 0 spiro atoms. The molecule has 142 valence electrons. The lowest BCUT2D eigenvalue weighted by Gasteiger charge is -2.30. The Labute approximate surface area is 171 Å². The number of hydrogen-bond donors (Lipinski definition) is 0. The largest absolute Gasteiger partial charge is 0.481 e. The number of amides is 1. The van der Waals surface area contributed by atoms with Crippen LogP contribution in [-0.4, -0.2) is 36.0 Å². The molecule has 0 radical (unpaired) electrons. The maximum Gasteiger partial charge on any atom is 0.344 e. The molecular formula is C20H19BrClNO4. The smallest absolute Gasteiger partial charge is 0.344 e. The fourth-order valence-electron chi connectivity index (χ4n) is 2.95. The van der Waals surface area contributed by atoms with Crippen molar-refractivity contribution < 1.29 is 19.1 Å². The van der Waals surface area contributed by atoms with Crippen molar-refractivity contribution in [2.45, 2.75) is 26.0 Å². The summed E-state index contributed by atoms with van der Waals surface area (Å²) in [6.07, 6.45) is -0.0592. The van der Waals surface area contributed by atoms with Gasteiger partial charge in [-0.1, -0.05) is 35.9 Å². The molecule has 27 heavy (non-hydrogen) atoms. The predicted molar refractivity (Wildman–Crippen MR) is 106 cm³/mol. The summed E-state index contributed by atoms with van der Waals surface area (Å²) in [7, 11) is 0. The van der Waals surface area contributed by atoms with Gasteiger partial charge < -0.3 is 14.4 Å². The molecule has 0 bridgehead atoms. The van der Waals surface area contributed by atoms with Gasteiger partial charge in [-0.05, 0) is 58.6 Å². The van der Waals surface area contributed by atoms with Crippen LogP contribution in [0.1, 0.15) is 18.1 Å². The molecule has 0 saturated carbocycles. The molecule has 0 N–H and O–H groups in total. The van der Waals surface area contributed by atoms with Crippen molar-refractivity contribution in [3.63, 3.8) is 0 Å². The van der Waals surface area contributed by atoms with Crippen molar-refractivity contribution in [1.82, 2.24) is 4.90 Å². The summed E-state index contributed by atoms with van der Waals surface area (Å²) in [5.74, 6) is -0.330. The van der Waals surface area contributed by atoms with Crippen LogP contribution in [0.15, 0.2) is 46.9 Å². The Morgan fingerprint density at radius 3 is 2.70 bits per heavy atom. The van der Waals surface area contributed by atoms with E-state index < -0.39 is 12.1 Å². The Morgan fingerprint density at radius 1 is 1.22 bits per heavy atom. The van der Waals surface area contributed by atoms with Gasteiger partial charge >= 0.3 is 5.97 Å². The average molecular weight is 453 g/mol. The maximum absolute atomic E-state index is 12.6. The second kappa shape index (κ2) is 8.76. The fourth-order valence-corrected chi connectivity index (χ4v) is 3.75. The first-order chi connectivity index (χ1) is 12.9. The maximum atomic E-state index is 12.6. The highest BCUT2D eigenvalue weighted by atomic mass is 79.9. The van der Waals surface area contributed by atoms with Crippen LogP contribution in [0.2, 0.25) is 5.02 Å². The van der Waals surface area contributed by atoms with E-state index in [0.29, 0.717) is 28.3 Å². The van der Waals surface area contributed by atoms with Crippen molar-refractivity contribution in [2.24, 2.45) is 0 Å². The van der Waals surface area contributed by atoms with Crippen LogP contribution in [0, 0.1) is 0 Å². The second-order valence-electron chi connectivity index (χ2n) is 6.27. The molecule has 2 aromatic rings. The third-order valence-electron chi connectivity index (χ3n) is 4.34. The topological polar surface area (TPSA) is 55.8 Å². The minimum absolute atomic E-state index is 0.203. The van der Waals surface area contributed by atoms with Crippen molar-refractivity contribution in [1.29, 1.82) is 0 Å². The van der Waals surface area contributed by atoms with Crippen LogP contribution in [0.3, 0.4) is 0 Å². The quantitative estimate of drug-likeness (QED) is 0.644. The number of carbonyl (C=O) groups is 2. The molecule has 2 aromatic carbocycles.